The average Bonchev–Trinajstić information content (AvgIpc) is 3.44. The monoisotopic (exact) mass is 499 g/mol. The first-order valence-electron chi connectivity index (χ1n) is 9.67. The number of methoxy groups -OCH3 is 1. The third kappa shape index (κ3) is 4.65. The number of anilines is 1. The Morgan fingerprint density at radius 1 is 1.03 bits per heavy atom. The second-order valence-corrected chi connectivity index (χ2v) is 9.42. The van der Waals surface area contributed by atoms with Crippen LogP contribution in [0.4, 0.5) is 9.93 Å². The highest BCUT2D eigenvalue weighted by molar-refractivity contribution is 7.90. The zero-order valence-corrected chi connectivity index (χ0v) is 19.4. The summed E-state index contributed by atoms with van der Waals surface area (Å²) in [5.41, 5.74) is 1.83. The van der Waals surface area contributed by atoms with Crippen molar-refractivity contribution in [2.75, 3.05) is 12.4 Å². The Hall–Kier alpha value is -4.10. The standard InChI is InChI=1S/C21H17N5O6S2/c1-12-16(13-8-4-3-5-9-13)17(25-32-12)18-23-24-21(33-18)22-20(28)26-34(29,30)15-11-7-6-10-14(15)19(27)31-2/h3-11H,1-2H3,(H2,22,24,26,28). The SMILES string of the molecule is COC(=O)c1ccccc1S(=O)(=O)NC(=O)Nc1nnc(-c2noc(C)c2-c2ccccc2)s1. The Morgan fingerprint density at radius 3 is 2.47 bits per heavy atom. The molecule has 0 atom stereocenters. The number of aryl methyl sites for hydroxylation is 1. The van der Waals surface area contributed by atoms with Crippen LogP contribution in [0.3, 0.4) is 0 Å². The topological polar surface area (TPSA) is 153 Å². The quantitative estimate of drug-likeness (QED) is 0.380. The van der Waals surface area contributed by atoms with Crippen LogP contribution in [0.25, 0.3) is 21.8 Å². The molecule has 11 nitrogen and oxygen atoms in total. The van der Waals surface area contributed by atoms with Crippen molar-refractivity contribution < 1.29 is 27.3 Å². The smallest absolute Gasteiger partial charge is 0.339 e. The molecule has 0 fully saturated rings. The van der Waals surface area contributed by atoms with Crippen LogP contribution in [0, 0.1) is 6.92 Å². The van der Waals surface area contributed by atoms with E-state index in [1.165, 1.54) is 24.3 Å². The highest BCUT2D eigenvalue weighted by Gasteiger charge is 2.26. The van der Waals surface area contributed by atoms with Gasteiger partial charge in [0.1, 0.15) is 10.7 Å². The molecule has 34 heavy (non-hydrogen) atoms. The van der Waals surface area contributed by atoms with Crippen molar-refractivity contribution in [3.63, 3.8) is 0 Å². The Labute approximate surface area is 197 Å². The number of nitrogens with zero attached hydrogens (tertiary/aromatic N) is 3. The summed E-state index contributed by atoms with van der Waals surface area (Å²) in [5.74, 6) is -0.272. The number of sulfonamides is 1. The summed E-state index contributed by atoms with van der Waals surface area (Å²) in [6, 6.07) is 13.7. The summed E-state index contributed by atoms with van der Waals surface area (Å²) in [6.07, 6.45) is 0. The summed E-state index contributed by atoms with van der Waals surface area (Å²) in [5, 5.41) is 14.7. The van der Waals surface area contributed by atoms with Crippen molar-refractivity contribution in [3.05, 3.63) is 65.9 Å². The number of rotatable bonds is 6. The number of ether oxygens (including phenoxy) is 1. The summed E-state index contributed by atoms with van der Waals surface area (Å²) < 4.78 is 37.1. The van der Waals surface area contributed by atoms with E-state index in [0.717, 1.165) is 29.6 Å². The predicted molar refractivity (Wildman–Crippen MR) is 123 cm³/mol. The molecule has 0 saturated heterocycles. The van der Waals surface area contributed by atoms with E-state index in [0.29, 0.717) is 16.5 Å². The van der Waals surface area contributed by atoms with Gasteiger partial charge in [0.2, 0.25) is 5.13 Å². The van der Waals surface area contributed by atoms with Gasteiger partial charge in [0.15, 0.2) is 10.7 Å². The van der Waals surface area contributed by atoms with E-state index >= 15 is 0 Å². The van der Waals surface area contributed by atoms with Crippen molar-refractivity contribution in [2.45, 2.75) is 11.8 Å². The number of urea groups is 1. The highest BCUT2D eigenvalue weighted by atomic mass is 32.2. The molecule has 2 aromatic carbocycles. The Kier molecular flexibility index (Phi) is 6.38. The van der Waals surface area contributed by atoms with Gasteiger partial charge in [-0.05, 0) is 24.6 Å². The lowest BCUT2D eigenvalue weighted by atomic mass is 10.0. The van der Waals surface area contributed by atoms with Crippen LogP contribution in [-0.2, 0) is 14.8 Å². The van der Waals surface area contributed by atoms with Gasteiger partial charge in [-0.3, -0.25) is 5.32 Å². The molecule has 0 spiro atoms. The summed E-state index contributed by atoms with van der Waals surface area (Å²) >= 11 is 0.984. The van der Waals surface area contributed by atoms with Gasteiger partial charge < -0.3 is 9.26 Å². The molecule has 4 rings (SSSR count). The van der Waals surface area contributed by atoms with Crippen LogP contribution < -0.4 is 10.0 Å². The van der Waals surface area contributed by atoms with Gasteiger partial charge in [-0.2, -0.15) is 0 Å². The van der Waals surface area contributed by atoms with Gasteiger partial charge >= 0.3 is 12.0 Å². The number of aromatic nitrogens is 3. The van der Waals surface area contributed by atoms with E-state index in [9.17, 15) is 18.0 Å². The Balaban J connectivity index is 1.53. The van der Waals surface area contributed by atoms with Gasteiger partial charge in [-0.15, -0.1) is 10.2 Å². The number of benzene rings is 2. The second kappa shape index (κ2) is 9.41. The summed E-state index contributed by atoms with van der Waals surface area (Å²) in [4.78, 5) is 23.9. The Bertz CT molecular complexity index is 1460. The minimum atomic E-state index is -4.38. The molecule has 0 aliphatic carbocycles. The molecule has 2 N–H and O–H groups in total. The lowest BCUT2D eigenvalue weighted by Crippen LogP contribution is -2.35. The lowest BCUT2D eigenvalue weighted by molar-refractivity contribution is 0.0596. The average molecular weight is 500 g/mol. The molecule has 0 saturated carbocycles. The number of carbonyl (C=O) groups is 2. The number of hydrogen-bond donors (Lipinski definition) is 2. The largest absolute Gasteiger partial charge is 0.465 e. The van der Waals surface area contributed by atoms with Crippen LogP contribution in [0.5, 0.6) is 0 Å². The second-order valence-electron chi connectivity index (χ2n) is 6.79. The molecule has 0 radical (unpaired) electrons. The number of esters is 1. The predicted octanol–water partition coefficient (Wildman–Crippen LogP) is 3.47. The summed E-state index contributed by atoms with van der Waals surface area (Å²) in [6.45, 7) is 1.77. The van der Waals surface area contributed by atoms with E-state index in [2.05, 4.69) is 25.4 Å². The van der Waals surface area contributed by atoms with Crippen molar-refractivity contribution in [3.8, 4) is 21.8 Å². The third-order valence-electron chi connectivity index (χ3n) is 4.58. The van der Waals surface area contributed by atoms with Crippen molar-refractivity contribution in [1.82, 2.24) is 20.1 Å². The summed E-state index contributed by atoms with van der Waals surface area (Å²) in [7, 11) is -3.26. The first-order chi connectivity index (χ1) is 16.3. The number of amides is 2. The van der Waals surface area contributed by atoms with Gasteiger partial charge in [0.05, 0.1) is 18.2 Å². The molecule has 174 valence electrons. The van der Waals surface area contributed by atoms with Gasteiger partial charge in [-0.1, -0.05) is 59.0 Å². The lowest BCUT2D eigenvalue weighted by Gasteiger charge is -2.10. The van der Waals surface area contributed by atoms with E-state index in [4.69, 9.17) is 4.52 Å². The van der Waals surface area contributed by atoms with E-state index in [1.807, 2.05) is 35.1 Å². The first kappa shape index (κ1) is 23.1. The van der Waals surface area contributed by atoms with E-state index < -0.39 is 26.9 Å². The molecule has 0 bridgehead atoms. The van der Waals surface area contributed by atoms with Crippen LogP contribution in [-0.4, -0.2) is 42.9 Å². The maximum atomic E-state index is 12.7. The molecule has 2 aromatic heterocycles. The highest BCUT2D eigenvalue weighted by Crippen LogP contribution is 2.36. The minimum Gasteiger partial charge on any atom is -0.465 e. The third-order valence-corrected chi connectivity index (χ3v) is 6.82. The molecule has 0 aliphatic rings. The molecule has 2 heterocycles. The van der Waals surface area contributed by atoms with Crippen LogP contribution in [0.1, 0.15) is 16.1 Å². The van der Waals surface area contributed by atoms with Crippen molar-refractivity contribution >= 4 is 38.5 Å². The maximum absolute atomic E-state index is 12.7. The van der Waals surface area contributed by atoms with E-state index in [1.54, 1.807) is 6.92 Å². The fraction of sp³-hybridized carbons (Fsp3) is 0.0952. The molecular weight excluding hydrogens is 482 g/mol. The zero-order chi connectivity index (χ0) is 24.3. The fourth-order valence-electron chi connectivity index (χ4n) is 3.11. The maximum Gasteiger partial charge on any atom is 0.339 e. The molecular formula is C21H17N5O6S2. The number of carbonyl (C=O) groups excluding carboxylic acids is 2. The zero-order valence-electron chi connectivity index (χ0n) is 17.8. The van der Waals surface area contributed by atoms with Crippen molar-refractivity contribution in [2.24, 2.45) is 0 Å². The molecule has 4 aromatic rings. The van der Waals surface area contributed by atoms with Gasteiger partial charge in [0, 0.05) is 0 Å². The molecule has 0 aliphatic heterocycles. The normalized spacial score (nSPS) is 11.1. The van der Waals surface area contributed by atoms with Gasteiger partial charge in [-0.25, -0.2) is 22.7 Å². The molecule has 13 heteroatoms. The number of nitrogens with one attached hydrogen (secondary N) is 2. The molecule has 2 amide bonds. The first-order valence-corrected chi connectivity index (χ1v) is 12.0. The Morgan fingerprint density at radius 2 is 1.74 bits per heavy atom. The van der Waals surface area contributed by atoms with E-state index in [-0.39, 0.29) is 10.7 Å². The van der Waals surface area contributed by atoms with Crippen LogP contribution >= 0.6 is 11.3 Å². The van der Waals surface area contributed by atoms with Gasteiger partial charge in [0.25, 0.3) is 10.0 Å². The molecule has 0 unspecified atom stereocenters. The fourth-order valence-corrected chi connectivity index (χ4v) is 4.94. The minimum absolute atomic E-state index is 0.0311. The van der Waals surface area contributed by atoms with Crippen LogP contribution in [0.15, 0.2) is 64.0 Å². The number of hydrogen-bond acceptors (Lipinski definition) is 10. The van der Waals surface area contributed by atoms with Crippen LogP contribution in [0.2, 0.25) is 0 Å². The van der Waals surface area contributed by atoms with Crippen molar-refractivity contribution in [1.29, 1.82) is 0 Å².